The highest BCUT2D eigenvalue weighted by Crippen LogP contribution is 2.46. The molecule has 43 heavy (non-hydrogen) atoms. The Kier molecular flexibility index (Phi) is 16.3. The predicted molar refractivity (Wildman–Crippen MR) is 155 cm³/mol. The Morgan fingerprint density at radius 3 is 1.72 bits per heavy atom. The van der Waals surface area contributed by atoms with E-state index >= 15 is 0 Å². The van der Waals surface area contributed by atoms with Gasteiger partial charge in [-0.1, -0.05) is 6.92 Å². The Labute approximate surface area is 256 Å². The van der Waals surface area contributed by atoms with Crippen molar-refractivity contribution in [3.63, 3.8) is 0 Å². The molecule has 13 nitrogen and oxygen atoms in total. The number of esters is 3. The molecule has 244 valence electrons. The van der Waals surface area contributed by atoms with Crippen LogP contribution >= 0.6 is 0 Å². The number of ketones is 1. The third-order valence-electron chi connectivity index (χ3n) is 7.62. The fourth-order valence-corrected chi connectivity index (χ4v) is 6.31. The number of rotatable bonds is 21. The van der Waals surface area contributed by atoms with Crippen molar-refractivity contribution in [2.45, 2.75) is 79.7 Å². The fourth-order valence-electron chi connectivity index (χ4n) is 4.63. The van der Waals surface area contributed by atoms with E-state index in [4.69, 9.17) is 37.9 Å². The summed E-state index contributed by atoms with van der Waals surface area (Å²) in [5.74, 6) is -2.76. The summed E-state index contributed by atoms with van der Waals surface area (Å²) in [7, 11) is 1.49. The SMILES string of the molecule is CCC(C)(CC(C)(CC(C)(C#N)C(=O)CCOC(=O)C(C)(C)C#N)C(=O)OCCC[Si](OC)(OC)OC)C(=O)OCCO. The van der Waals surface area contributed by atoms with Gasteiger partial charge in [0.15, 0.2) is 5.78 Å². The molecule has 0 saturated carbocycles. The van der Waals surface area contributed by atoms with Crippen molar-refractivity contribution in [3.05, 3.63) is 0 Å². The van der Waals surface area contributed by atoms with Crippen molar-refractivity contribution in [1.29, 1.82) is 10.5 Å². The van der Waals surface area contributed by atoms with Gasteiger partial charge in [0.1, 0.15) is 17.4 Å². The molecule has 0 aliphatic carbocycles. The summed E-state index contributed by atoms with van der Waals surface area (Å²) >= 11 is 0. The first-order chi connectivity index (χ1) is 19.9. The minimum atomic E-state index is -2.92. The van der Waals surface area contributed by atoms with Crippen LogP contribution in [0.1, 0.15) is 73.6 Å². The minimum absolute atomic E-state index is 0.0428. The van der Waals surface area contributed by atoms with Crippen LogP contribution in [-0.4, -0.2) is 85.4 Å². The highest BCUT2D eigenvalue weighted by molar-refractivity contribution is 6.60. The number of nitrogens with zero attached hydrogens (tertiary/aromatic N) is 2. The van der Waals surface area contributed by atoms with Crippen LogP contribution < -0.4 is 0 Å². The van der Waals surface area contributed by atoms with Gasteiger partial charge >= 0.3 is 26.7 Å². The molecule has 0 aliphatic rings. The zero-order chi connectivity index (χ0) is 33.5. The standard InChI is InChI=1S/C29H48N2O11Si/c1-10-27(4,24(35)42-16-13-32)18-28(5,25(36)40-14-11-17-43(37-7,38-8)39-9)19-29(6,21-31)22(33)12-15-41-23(34)26(2,3)20-30/h32H,10-19H2,1-9H3. The zero-order valence-electron chi connectivity index (χ0n) is 27.0. The molecule has 14 heteroatoms. The Morgan fingerprint density at radius 1 is 0.744 bits per heavy atom. The van der Waals surface area contributed by atoms with Crippen molar-refractivity contribution >= 4 is 32.5 Å². The van der Waals surface area contributed by atoms with E-state index in [1.807, 2.05) is 12.1 Å². The zero-order valence-corrected chi connectivity index (χ0v) is 28.0. The molecule has 0 bridgehead atoms. The van der Waals surface area contributed by atoms with E-state index in [0.29, 0.717) is 12.5 Å². The van der Waals surface area contributed by atoms with Crippen LogP contribution in [0.25, 0.3) is 0 Å². The largest absolute Gasteiger partial charge is 0.500 e. The average molecular weight is 629 g/mol. The van der Waals surface area contributed by atoms with Gasteiger partial charge in [0, 0.05) is 33.8 Å². The number of aliphatic hydroxyl groups is 1. The Bertz CT molecular complexity index is 1040. The first-order valence-corrected chi connectivity index (χ1v) is 16.0. The van der Waals surface area contributed by atoms with Gasteiger partial charge in [0.2, 0.25) is 0 Å². The summed E-state index contributed by atoms with van der Waals surface area (Å²) in [6, 6.07) is 4.18. The molecule has 0 amide bonds. The highest BCUT2D eigenvalue weighted by atomic mass is 28.4. The average Bonchev–Trinajstić information content (AvgIpc) is 2.99. The molecule has 0 heterocycles. The molecule has 3 atom stereocenters. The van der Waals surface area contributed by atoms with E-state index in [1.54, 1.807) is 13.8 Å². The quantitative estimate of drug-likeness (QED) is 0.0844. The van der Waals surface area contributed by atoms with E-state index in [-0.39, 0.29) is 52.1 Å². The molecule has 3 unspecified atom stereocenters. The molecule has 0 aromatic heterocycles. The van der Waals surface area contributed by atoms with Crippen molar-refractivity contribution in [1.82, 2.24) is 0 Å². The van der Waals surface area contributed by atoms with E-state index in [9.17, 15) is 24.4 Å². The van der Waals surface area contributed by atoms with Crippen LogP contribution in [-0.2, 0) is 46.7 Å². The monoisotopic (exact) mass is 628 g/mol. The molecule has 0 fully saturated rings. The van der Waals surface area contributed by atoms with Crippen molar-refractivity contribution < 1.29 is 51.8 Å². The van der Waals surface area contributed by atoms with Gasteiger partial charge in [0.05, 0.1) is 42.8 Å². The maximum Gasteiger partial charge on any atom is 0.500 e. The number of hydrogen-bond acceptors (Lipinski definition) is 13. The lowest BCUT2D eigenvalue weighted by molar-refractivity contribution is -0.166. The van der Waals surface area contributed by atoms with E-state index < -0.39 is 54.2 Å². The third-order valence-corrected chi connectivity index (χ3v) is 10.5. The molecule has 0 aliphatic heterocycles. The number of Topliss-reactive ketones (excluding diaryl/α,β-unsaturated/α-hetero) is 1. The number of ether oxygens (including phenoxy) is 3. The molecule has 0 radical (unpaired) electrons. The molecule has 0 spiro atoms. The van der Waals surface area contributed by atoms with Gasteiger partial charge in [-0.25, -0.2) is 0 Å². The molecule has 1 N–H and O–H groups in total. The third kappa shape index (κ3) is 11.3. The minimum Gasteiger partial charge on any atom is -0.465 e. The number of hydrogen-bond donors (Lipinski definition) is 1. The molecule has 0 saturated heterocycles. The number of nitriles is 2. The van der Waals surface area contributed by atoms with Crippen LogP contribution in [0, 0.1) is 44.3 Å². The Hall–Kier alpha value is -2.88. The second kappa shape index (κ2) is 17.4. The topological polar surface area (TPSA) is 191 Å². The molecule has 0 aromatic carbocycles. The van der Waals surface area contributed by atoms with Crippen LogP contribution in [0.3, 0.4) is 0 Å². The summed E-state index contributed by atoms with van der Waals surface area (Å²) in [4.78, 5) is 52.1. The lowest BCUT2D eigenvalue weighted by Gasteiger charge is -2.39. The molecular formula is C29H48N2O11Si. The number of aliphatic hydroxyl groups excluding tert-OH is 1. The normalized spacial score (nSPS) is 15.9. The van der Waals surface area contributed by atoms with E-state index in [2.05, 4.69) is 0 Å². The van der Waals surface area contributed by atoms with Crippen molar-refractivity contribution in [3.8, 4) is 12.1 Å². The first kappa shape index (κ1) is 40.1. The van der Waals surface area contributed by atoms with Crippen LogP contribution in [0.15, 0.2) is 0 Å². The van der Waals surface area contributed by atoms with Gasteiger partial charge < -0.3 is 32.6 Å². The Morgan fingerprint density at radius 2 is 1.26 bits per heavy atom. The predicted octanol–water partition coefficient (Wildman–Crippen LogP) is 3.12. The summed E-state index contributed by atoms with van der Waals surface area (Å²) in [5, 5.41) is 28.3. The highest BCUT2D eigenvalue weighted by Gasteiger charge is 2.51. The van der Waals surface area contributed by atoms with E-state index in [0.717, 1.165) is 0 Å². The van der Waals surface area contributed by atoms with Gasteiger partial charge in [0.25, 0.3) is 0 Å². The first-order valence-electron chi connectivity index (χ1n) is 14.1. The number of carbonyl (C=O) groups is 4. The summed E-state index contributed by atoms with van der Waals surface area (Å²) in [6.45, 7) is 8.01. The van der Waals surface area contributed by atoms with Crippen LogP contribution in [0.5, 0.6) is 0 Å². The van der Waals surface area contributed by atoms with Crippen molar-refractivity contribution in [2.24, 2.45) is 21.7 Å². The molecule has 0 rings (SSSR count). The summed E-state index contributed by atoms with van der Waals surface area (Å²) in [6.07, 6.45) is -0.161. The molecular weight excluding hydrogens is 580 g/mol. The Balaban J connectivity index is 6.10. The van der Waals surface area contributed by atoms with Gasteiger partial charge in [-0.3, -0.25) is 19.2 Å². The lowest BCUT2D eigenvalue weighted by Crippen LogP contribution is -2.45. The van der Waals surface area contributed by atoms with Gasteiger partial charge in [-0.05, 0) is 60.3 Å². The number of carbonyl (C=O) groups excluding carboxylic acids is 4. The fraction of sp³-hybridized carbons (Fsp3) is 0.793. The maximum atomic E-state index is 13.7. The second-order valence-corrected chi connectivity index (χ2v) is 14.8. The lowest BCUT2D eigenvalue weighted by atomic mass is 9.64. The van der Waals surface area contributed by atoms with Crippen LogP contribution in [0.4, 0.5) is 0 Å². The summed E-state index contributed by atoms with van der Waals surface area (Å²) < 4.78 is 32.1. The van der Waals surface area contributed by atoms with Gasteiger partial charge in [-0.15, -0.1) is 0 Å². The van der Waals surface area contributed by atoms with Crippen LogP contribution in [0.2, 0.25) is 6.04 Å². The summed E-state index contributed by atoms with van der Waals surface area (Å²) in [5.41, 5.74) is -5.86. The smallest absolute Gasteiger partial charge is 0.465 e. The van der Waals surface area contributed by atoms with E-state index in [1.165, 1.54) is 49.0 Å². The van der Waals surface area contributed by atoms with Crippen molar-refractivity contribution in [2.75, 3.05) is 47.8 Å². The molecule has 0 aromatic rings. The maximum absolute atomic E-state index is 13.7. The van der Waals surface area contributed by atoms with Gasteiger partial charge in [-0.2, -0.15) is 10.5 Å². The second-order valence-electron chi connectivity index (χ2n) is 11.7.